The highest BCUT2D eigenvalue weighted by Gasteiger charge is 2.13. The van der Waals surface area contributed by atoms with Crippen molar-refractivity contribution < 1.29 is 9.90 Å². The van der Waals surface area contributed by atoms with E-state index in [1.807, 2.05) is 26.8 Å². The number of hydrogen-bond donors (Lipinski definition) is 2. The summed E-state index contributed by atoms with van der Waals surface area (Å²) in [6.07, 6.45) is 0. The van der Waals surface area contributed by atoms with Gasteiger partial charge in [-0.1, -0.05) is 0 Å². The molecule has 0 radical (unpaired) electrons. The number of rotatable bonds is 1. The molecule has 0 saturated carbocycles. The molecule has 2 rings (SSSR count). The highest BCUT2D eigenvalue weighted by molar-refractivity contribution is 5.98. The fourth-order valence-corrected chi connectivity index (χ4v) is 2.01. The molecule has 0 amide bonds. The lowest BCUT2D eigenvalue weighted by molar-refractivity contribution is 0.0696. The zero-order chi connectivity index (χ0) is 11.2. The van der Waals surface area contributed by atoms with Crippen LogP contribution in [-0.4, -0.2) is 16.1 Å². The number of aromatic nitrogens is 1. The summed E-state index contributed by atoms with van der Waals surface area (Å²) in [6, 6.07) is 3.47. The fraction of sp³-hybridized carbons (Fsp3) is 0.250. The predicted octanol–water partition coefficient (Wildman–Crippen LogP) is 2.79. The van der Waals surface area contributed by atoms with E-state index in [9.17, 15) is 4.79 Å². The average molecular weight is 203 g/mol. The lowest BCUT2D eigenvalue weighted by atomic mass is 10.0. The van der Waals surface area contributed by atoms with Gasteiger partial charge in [0.15, 0.2) is 0 Å². The molecule has 0 unspecified atom stereocenters. The summed E-state index contributed by atoms with van der Waals surface area (Å²) < 4.78 is 0. The monoisotopic (exact) mass is 203 g/mol. The summed E-state index contributed by atoms with van der Waals surface area (Å²) >= 11 is 0. The standard InChI is InChI=1S/C12H13NO2/c1-6-8(3)13-10-5-4-9(12(14)15)7(2)11(6)10/h4-5,13H,1-3H3,(H,14,15). The molecule has 3 heteroatoms. The number of carboxylic acids is 1. The van der Waals surface area contributed by atoms with Gasteiger partial charge in [0.1, 0.15) is 0 Å². The summed E-state index contributed by atoms with van der Waals surface area (Å²) in [4.78, 5) is 14.2. The molecule has 0 spiro atoms. The van der Waals surface area contributed by atoms with Crippen LogP contribution in [0.3, 0.4) is 0 Å². The van der Waals surface area contributed by atoms with E-state index in [2.05, 4.69) is 4.98 Å². The maximum atomic E-state index is 11.0. The first kappa shape index (κ1) is 9.77. The smallest absolute Gasteiger partial charge is 0.335 e. The molecule has 0 aliphatic rings. The van der Waals surface area contributed by atoms with Gasteiger partial charge in [-0.15, -0.1) is 0 Å². The molecule has 2 aromatic rings. The predicted molar refractivity (Wildman–Crippen MR) is 59.5 cm³/mol. The summed E-state index contributed by atoms with van der Waals surface area (Å²) in [5.74, 6) is -0.868. The fourth-order valence-electron chi connectivity index (χ4n) is 2.01. The number of carboxylic acid groups (broad SMARTS) is 1. The number of benzene rings is 1. The molecule has 15 heavy (non-hydrogen) atoms. The molecule has 0 bridgehead atoms. The van der Waals surface area contributed by atoms with Gasteiger partial charge in [0.25, 0.3) is 0 Å². The molecule has 1 aromatic carbocycles. The molecular weight excluding hydrogens is 190 g/mol. The van der Waals surface area contributed by atoms with Gasteiger partial charge in [0.2, 0.25) is 0 Å². The van der Waals surface area contributed by atoms with Crippen molar-refractivity contribution in [2.75, 3.05) is 0 Å². The molecule has 78 valence electrons. The van der Waals surface area contributed by atoms with Crippen molar-refractivity contribution in [1.82, 2.24) is 4.98 Å². The normalized spacial score (nSPS) is 10.9. The minimum Gasteiger partial charge on any atom is -0.478 e. The lowest BCUT2D eigenvalue weighted by Gasteiger charge is -2.02. The van der Waals surface area contributed by atoms with Crippen molar-refractivity contribution in [2.24, 2.45) is 0 Å². The third-order valence-electron chi connectivity index (χ3n) is 2.96. The van der Waals surface area contributed by atoms with Crippen molar-refractivity contribution in [3.8, 4) is 0 Å². The van der Waals surface area contributed by atoms with Gasteiger partial charge < -0.3 is 10.1 Å². The second kappa shape index (κ2) is 3.12. The average Bonchev–Trinajstić information content (AvgIpc) is 2.43. The Bertz CT molecular complexity index is 552. The van der Waals surface area contributed by atoms with Gasteiger partial charge in [-0.25, -0.2) is 4.79 Å². The molecule has 0 aliphatic carbocycles. The van der Waals surface area contributed by atoms with E-state index < -0.39 is 5.97 Å². The van der Waals surface area contributed by atoms with Crippen molar-refractivity contribution in [3.63, 3.8) is 0 Å². The van der Waals surface area contributed by atoms with Crippen molar-refractivity contribution in [2.45, 2.75) is 20.8 Å². The first-order valence-corrected chi connectivity index (χ1v) is 4.84. The minimum atomic E-state index is -0.868. The number of aryl methyl sites for hydroxylation is 3. The molecule has 1 aromatic heterocycles. The maximum Gasteiger partial charge on any atom is 0.335 e. The molecule has 0 fully saturated rings. The second-order valence-corrected chi connectivity index (χ2v) is 3.84. The van der Waals surface area contributed by atoms with Crippen LogP contribution in [0.15, 0.2) is 12.1 Å². The number of hydrogen-bond acceptors (Lipinski definition) is 1. The topological polar surface area (TPSA) is 53.1 Å². The van der Waals surface area contributed by atoms with Crippen LogP contribution >= 0.6 is 0 Å². The SMILES string of the molecule is Cc1[nH]c2ccc(C(=O)O)c(C)c2c1C. The first-order valence-electron chi connectivity index (χ1n) is 4.84. The number of carbonyl (C=O) groups is 1. The van der Waals surface area contributed by atoms with Crippen molar-refractivity contribution in [1.29, 1.82) is 0 Å². The quantitative estimate of drug-likeness (QED) is 0.748. The Balaban J connectivity index is 2.88. The van der Waals surface area contributed by atoms with E-state index in [1.165, 1.54) is 0 Å². The molecule has 0 atom stereocenters. The van der Waals surface area contributed by atoms with E-state index in [-0.39, 0.29) is 0 Å². The number of nitrogens with one attached hydrogen (secondary N) is 1. The number of fused-ring (bicyclic) bond motifs is 1. The van der Waals surface area contributed by atoms with E-state index in [0.717, 1.165) is 27.7 Å². The van der Waals surface area contributed by atoms with E-state index in [0.29, 0.717) is 5.56 Å². The summed E-state index contributed by atoms with van der Waals surface area (Å²) in [5.41, 5.74) is 4.44. The number of aromatic amines is 1. The van der Waals surface area contributed by atoms with Gasteiger partial charge in [0, 0.05) is 16.6 Å². The van der Waals surface area contributed by atoms with Crippen molar-refractivity contribution >= 4 is 16.9 Å². The number of H-pyrrole nitrogens is 1. The summed E-state index contributed by atoms with van der Waals surface area (Å²) in [5, 5.41) is 10.0. The molecule has 1 heterocycles. The van der Waals surface area contributed by atoms with Gasteiger partial charge in [0.05, 0.1) is 5.56 Å². The van der Waals surface area contributed by atoms with Crippen LogP contribution in [0.1, 0.15) is 27.2 Å². The van der Waals surface area contributed by atoms with E-state index >= 15 is 0 Å². The van der Waals surface area contributed by atoms with Crippen LogP contribution in [0.5, 0.6) is 0 Å². The third kappa shape index (κ3) is 1.31. The Morgan fingerprint density at radius 1 is 1.20 bits per heavy atom. The number of aromatic carboxylic acids is 1. The van der Waals surface area contributed by atoms with Crippen LogP contribution in [0.25, 0.3) is 10.9 Å². The Hall–Kier alpha value is -1.77. The molecule has 2 N–H and O–H groups in total. The van der Waals surface area contributed by atoms with E-state index in [4.69, 9.17) is 5.11 Å². The van der Waals surface area contributed by atoms with Crippen LogP contribution in [-0.2, 0) is 0 Å². The zero-order valence-electron chi connectivity index (χ0n) is 9.01. The largest absolute Gasteiger partial charge is 0.478 e. The Labute approximate surface area is 87.7 Å². The highest BCUT2D eigenvalue weighted by Crippen LogP contribution is 2.26. The van der Waals surface area contributed by atoms with Gasteiger partial charge in [-0.2, -0.15) is 0 Å². The van der Waals surface area contributed by atoms with Crippen molar-refractivity contribution in [3.05, 3.63) is 34.5 Å². The minimum absolute atomic E-state index is 0.379. The van der Waals surface area contributed by atoms with Crippen LogP contribution in [0.4, 0.5) is 0 Å². The Morgan fingerprint density at radius 2 is 1.87 bits per heavy atom. The molecule has 3 nitrogen and oxygen atoms in total. The Morgan fingerprint density at radius 3 is 2.47 bits per heavy atom. The first-order chi connectivity index (χ1) is 7.02. The zero-order valence-corrected chi connectivity index (χ0v) is 9.01. The van der Waals surface area contributed by atoms with Crippen LogP contribution < -0.4 is 0 Å². The highest BCUT2D eigenvalue weighted by atomic mass is 16.4. The van der Waals surface area contributed by atoms with Gasteiger partial charge >= 0.3 is 5.97 Å². The van der Waals surface area contributed by atoms with E-state index in [1.54, 1.807) is 6.07 Å². The summed E-state index contributed by atoms with van der Waals surface area (Å²) in [6.45, 7) is 5.86. The van der Waals surface area contributed by atoms with Crippen LogP contribution in [0, 0.1) is 20.8 Å². The summed E-state index contributed by atoms with van der Waals surface area (Å²) in [7, 11) is 0. The molecule has 0 aliphatic heterocycles. The van der Waals surface area contributed by atoms with Gasteiger partial charge in [-0.05, 0) is 44.0 Å². The third-order valence-corrected chi connectivity index (χ3v) is 2.96. The lowest BCUT2D eigenvalue weighted by Crippen LogP contribution is -1.99. The molecular formula is C12H13NO2. The van der Waals surface area contributed by atoms with Crippen LogP contribution in [0.2, 0.25) is 0 Å². The Kier molecular flexibility index (Phi) is 2.03. The second-order valence-electron chi connectivity index (χ2n) is 3.84. The maximum absolute atomic E-state index is 11.0. The van der Waals surface area contributed by atoms with Gasteiger partial charge in [-0.3, -0.25) is 0 Å². The molecule has 0 saturated heterocycles.